The summed E-state index contributed by atoms with van der Waals surface area (Å²) in [5.74, 6) is 0.156. The highest BCUT2D eigenvalue weighted by Gasteiger charge is 2.09. The molecule has 1 heterocycles. The van der Waals surface area contributed by atoms with Crippen LogP contribution in [0.2, 0.25) is 0 Å². The van der Waals surface area contributed by atoms with Gasteiger partial charge in [0.15, 0.2) is 5.78 Å². The lowest BCUT2D eigenvalue weighted by molar-refractivity contribution is -0.129. The van der Waals surface area contributed by atoms with Crippen molar-refractivity contribution in [2.24, 2.45) is 0 Å². The van der Waals surface area contributed by atoms with Crippen LogP contribution >= 0.6 is 0 Å². The van der Waals surface area contributed by atoms with Gasteiger partial charge in [0.2, 0.25) is 5.91 Å². The van der Waals surface area contributed by atoms with Gasteiger partial charge in [-0.1, -0.05) is 6.92 Å². The molecule has 0 fully saturated rings. The Balaban J connectivity index is 2.65. The van der Waals surface area contributed by atoms with Crippen molar-refractivity contribution >= 4 is 11.7 Å². The molecule has 0 N–H and O–H groups in total. The van der Waals surface area contributed by atoms with Crippen molar-refractivity contribution in [2.45, 2.75) is 26.3 Å². The van der Waals surface area contributed by atoms with Crippen LogP contribution in [0.15, 0.2) is 18.5 Å². The summed E-state index contributed by atoms with van der Waals surface area (Å²) in [6, 6.07) is 1.76. The first-order valence-corrected chi connectivity index (χ1v) is 5.43. The van der Waals surface area contributed by atoms with E-state index in [0.717, 1.165) is 6.42 Å². The number of amides is 1. The molecule has 0 spiro atoms. The summed E-state index contributed by atoms with van der Waals surface area (Å²) in [7, 11) is 3.43. The van der Waals surface area contributed by atoms with Crippen molar-refractivity contribution in [3.05, 3.63) is 24.0 Å². The summed E-state index contributed by atoms with van der Waals surface area (Å²) < 4.78 is 1.74. The predicted octanol–water partition coefficient (Wildman–Crippen LogP) is 1.56. The van der Waals surface area contributed by atoms with Crippen LogP contribution in [-0.4, -0.2) is 35.3 Å². The van der Waals surface area contributed by atoms with Crippen LogP contribution in [0.25, 0.3) is 0 Å². The van der Waals surface area contributed by atoms with E-state index in [9.17, 15) is 9.59 Å². The van der Waals surface area contributed by atoms with Crippen LogP contribution in [0.4, 0.5) is 0 Å². The van der Waals surface area contributed by atoms with E-state index in [4.69, 9.17) is 0 Å². The molecule has 0 aliphatic heterocycles. The zero-order valence-electron chi connectivity index (χ0n) is 10.1. The summed E-state index contributed by atoms with van der Waals surface area (Å²) >= 11 is 0. The van der Waals surface area contributed by atoms with Gasteiger partial charge in [0, 0.05) is 38.5 Å². The van der Waals surface area contributed by atoms with E-state index in [1.165, 1.54) is 4.90 Å². The molecular formula is C12H18N2O2. The van der Waals surface area contributed by atoms with Crippen LogP contribution in [-0.2, 0) is 11.3 Å². The Labute approximate surface area is 95.9 Å². The maximum Gasteiger partial charge on any atom is 0.241 e. The Hall–Kier alpha value is -1.58. The monoisotopic (exact) mass is 222 g/mol. The van der Waals surface area contributed by atoms with E-state index in [1.54, 1.807) is 37.1 Å². The molecule has 0 aliphatic rings. The maximum absolute atomic E-state index is 11.6. The third kappa shape index (κ3) is 3.22. The summed E-state index contributed by atoms with van der Waals surface area (Å²) in [5.41, 5.74) is 0.688. The largest absolute Gasteiger partial charge is 0.347 e. The van der Waals surface area contributed by atoms with Crippen LogP contribution in [0.3, 0.4) is 0 Å². The second-order valence-electron chi connectivity index (χ2n) is 4.03. The van der Waals surface area contributed by atoms with Crippen LogP contribution in [0, 0.1) is 0 Å². The number of nitrogens with zero attached hydrogens (tertiary/aromatic N) is 2. The lowest BCUT2D eigenvalue weighted by atomic mass is 10.1. The molecule has 1 aromatic heterocycles. The zero-order valence-corrected chi connectivity index (χ0v) is 10.1. The van der Waals surface area contributed by atoms with Gasteiger partial charge >= 0.3 is 0 Å². The molecule has 0 aromatic carbocycles. The molecule has 16 heavy (non-hydrogen) atoms. The summed E-state index contributed by atoms with van der Waals surface area (Å²) in [4.78, 5) is 24.5. The topological polar surface area (TPSA) is 42.3 Å². The van der Waals surface area contributed by atoms with Crippen LogP contribution in [0.5, 0.6) is 0 Å². The number of hydrogen-bond donors (Lipinski definition) is 0. The average molecular weight is 222 g/mol. The van der Waals surface area contributed by atoms with E-state index in [1.807, 2.05) is 6.92 Å². The number of ketones is 1. The molecule has 0 saturated carbocycles. The Kier molecular flexibility index (Phi) is 4.28. The molecule has 0 radical (unpaired) electrons. The number of Topliss-reactive ketones (excluding diaryl/α,β-unsaturated/α-hetero) is 1. The fourth-order valence-electron chi connectivity index (χ4n) is 1.37. The first-order chi connectivity index (χ1) is 7.54. The van der Waals surface area contributed by atoms with E-state index in [0.29, 0.717) is 12.0 Å². The molecule has 4 nitrogen and oxygen atoms in total. The van der Waals surface area contributed by atoms with Crippen molar-refractivity contribution in [3.63, 3.8) is 0 Å². The fourth-order valence-corrected chi connectivity index (χ4v) is 1.37. The molecule has 0 saturated heterocycles. The van der Waals surface area contributed by atoms with Crippen LogP contribution < -0.4 is 0 Å². The average Bonchev–Trinajstić information content (AvgIpc) is 2.66. The molecule has 4 heteroatoms. The Morgan fingerprint density at radius 3 is 2.62 bits per heavy atom. The van der Waals surface area contributed by atoms with Crippen molar-refractivity contribution < 1.29 is 9.59 Å². The molecular weight excluding hydrogens is 204 g/mol. The van der Waals surface area contributed by atoms with Gasteiger partial charge in [-0.05, 0) is 12.5 Å². The lowest BCUT2D eigenvalue weighted by Gasteiger charge is -2.10. The molecule has 1 amide bonds. The van der Waals surface area contributed by atoms with E-state index in [2.05, 4.69) is 0 Å². The van der Waals surface area contributed by atoms with Gasteiger partial charge in [0.05, 0.1) is 0 Å². The Morgan fingerprint density at radius 1 is 1.38 bits per heavy atom. The summed E-state index contributed by atoms with van der Waals surface area (Å²) in [6.45, 7) is 2.26. The van der Waals surface area contributed by atoms with Gasteiger partial charge < -0.3 is 9.47 Å². The normalized spacial score (nSPS) is 10.2. The van der Waals surface area contributed by atoms with Gasteiger partial charge in [-0.2, -0.15) is 0 Å². The predicted molar refractivity (Wildman–Crippen MR) is 62.4 cm³/mol. The lowest BCUT2D eigenvalue weighted by Crippen LogP contribution is -2.25. The first-order valence-electron chi connectivity index (χ1n) is 5.43. The molecule has 1 aromatic rings. The summed E-state index contributed by atoms with van der Waals surface area (Å²) in [6.07, 6.45) is 4.91. The molecule has 0 unspecified atom stereocenters. The number of aromatic nitrogens is 1. The van der Waals surface area contributed by atoms with Crippen molar-refractivity contribution in [1.82, 2.24) is 9.47 Å². The van der Waals surface area contributed by atoms with E-state index in [-0.39, 0.29) is 18.2 Å². The van der Waals surface area contributed by atoms with Gasteiger partial charge in [-0.15, -0.1) is 0 Å². The quantitative estimate of drug-likeness (QED) is 0.709. The number of carbonyl (C=O) groups excluding carboxylic acids is 2. The fraction of sp³-hybridized carbons (Fsp3) is 0.500. The summed E-state index contributed by atoms with van der Waals surface area (Å²) in [5, 5.41) is 0. The Morgan fingerprint density at radius 2 is 2.06 bits per heavy atom. The van der Waals surface area contributed by atoms with Gasteiger partial charge in [0.25, 0.3) is 0 Å². The number of likely N-dealkylation sites (N-methyl/N-ethyl adjacent to an activating group) is 1. The van der Waals surface area contributed by atoms with Crippen molar-refractivity contribution in [1.29, 1.82) is 0 Å². The highest BCUT2D eigenvalue weighted by molar-refractivity contribution is 5.95. The zero-order chi connectivity index (χ0) is 12.1. The molecule has 0 aliphatic carbocycles. The molecule has 0 atom stereocenters. The number of carbonyl (C=O) groups is 2. The molecule has 0 bridgehead atoms. The number of hydrogen-bond acceptors (Lipinski definition) is 2. The highest BCUT2D eigenvalue weighted by atomic mass is 16.2. The third-order valence-electron chi connectivity index (χ3n) is 2.37. The van der Waals surface area contributed by atoms with Crippen molar-refractivity contribution in [3.8, 4) is 0 Å². The minimum atomic E-state index is 0.0186. The van der Waals surface area contributed by atoms with Gasteiger partial charge in [-0.3, -0.25) is 9.59 Å². The standard InChI is InChI=1S/C12H18N2O2/c1-4-5-11(15)10-6-7-14(8-10)9-12(16)13(2)3/h6-8H,4-5,9H2,1-3H3. The SMILES string of the molecule is CCCC(=O)c1ccn(CC(=O)N(C)C)c1. The third-order valence-corrected chi connectivity index (χ3v) is 2.37. The van der Waals surface area contributed by atoms with E-state index < -0.39 is 0 Å². The highest BCUT2D eigenvalue weighted by Crippen LogP contribution is 2.06. The maximum atomic E-state index is 11.6. The first kappa shape index (κ1) is 12.5. The smallest absolute Gasteiger partial charge is 0.241 e. The van der Waals surface area contributed by atoms with Gasteiger partial charge in [-0.25, -0.2) is 0 Å². The van der Waals surface area contributed by atoms with Gasteiger partial charge in [0.1, 0.15) is 6.54 Å². The second kappa shape index (κ2) is 5.49. The Bertz CT molecular complexity index is 380. The number of rotatable bonds is 5. The van der Waals surface area contributed by atoms with Crippen molar-refractivity contribution in [2.75, 3.05) is 14.1 Å². The van der Waals surface area contributed by atoms with Crippen LogP contribution in [0.1, 0.15) is 30.1 Å². The molecule has 1 rings (SSSR count). The second-order valence-corrected chi connectivity index (χ2v) is 4.03. The minimum Gasteiger partial charge on any atom is -0.347 e. The molecule has 88 valence electrons. The minimum absolute atomic E-state index is 0.0186. The van der Waals surface area contributed by atoms with E-state index >= 15 is 0 Å².